The molecule has 3 heterocycles. The Morgan fingerprint density at radius 3 is 2.68 bits per heavy atom. The maximum atomic E-state index is 12.7. The number of fused-ring (bicyclic) bond motifs is 1. The molecule has 10 heteroatoms. The van der Waals surface area contributed by atoms with Gasteiger partial charge >= 0.3 is 0 Å². The van der Waals surface area contributed by atoms with Crippen LogP contribution in [0.3, 0.4) is 0 Å². The number of ether oxygens (including phenoxy) is 2. The molecule has 5 rings (SSSR count). The van der Waals surface area contributed by atoms with Gasteiger partial charge in [0.1, 0.15) is 23.7 Å². The number of aliphatic hydroxyl groups is 1. The van der Waals surface area contributed by atoms with Crippen molar-refractivity contribution in [2.75, 3.05) is 38.2 Å². The molecule has 0 unspecified atom stereocenters. The van der Waals surface area contributed by atoms with E-state index < -0.39 is 0 Å². The van der Waals surface area contributed by atoms with Crippen LogP contribution in [0.5, 0.6) is 5.75 Å². The van der Waals surface area contributed by atoms with Gasteiger partial charge in [0.15, 0.2) is 5.82 Å². The first kappa shape index (κ1) is 25.8. The number of carbonyl (C=O) groups is 1. The molecule has 1 saturated heterocycles. The van der Waals surface area contributed by atoms with Gasteiger partial charge in [-0.1, -0.05) is 24.4 Å². The number of rotatable bonds is 10. The van der Waals surface area contributed by atoms with E-state index in [1.807, 2.05) is 39.9 Å². The SMILES string of the molecule is O=C(C1CCCC1)N1CCC(Oc2ccc(Nc3ncnc4ccn(CCOCCO)c34)cc2Cl)CC1. The smallest absolute Gasteiger partial charge is 0.225 e. The van der Waals surface area contributed by atoms with Crippen molar-refractivity contribution in [3.05, 3.63) is 41.8 Å². The van der Waals surface area contributed by atoms with Gasteiger partial charge in [0.05, 0.1) is 30.4 Å². The molecule has 2 N–H and O–H groups in total. The van der Waals surface area contributed by atoms with Crippen LogP contribution in [0.2, 0.25) is 5.02 Å². The normalized spacial score (nSPS) is 17.0. The summed E-state index contributed by atoms with van der Waals surface area (Å²) in [7, 11) is 0. The highest BCUT2D eigenvalue weighted by Gasteiger charge is 2.30. The number of aliphatic hydroxyl groups excluding tert-OH is 1. The van der Waals surface area contributed by atoms with Gasteiger partial charge in [-0.15, -0.1) is 0 Å². The van der Waals surface area contributed by atoms with Gasteiger partial charge in [-0.25, -0.2) is 9.97 Å². The number of hydrogen-bond donors (Lipinski definition) is 2. The largest absolute Gasteiger partial charge is 0.489 e. The Labute approximate surface area is 221 Å². The topological polar surface area (TPSA) is 102 Å². The zero-order chi connectivity index (χ0) is 25.6. The Morgan fingerprint density at radius 1 is 1.11 bits per heavy atom. The third kappa shape index (κ3) is 6.17. The van der Waals surface area contributed by atoms with Gasteiger partial charge in [-0.05, 0) is 37.1 Å². The molecule has 0 spiro atoms. The average Bonchev–Trinajstić information content (AvgIpc) is 3.60. The fourth-order valence-electron chi connectivity index (χ4n) is 5.26. The van der Waals surface area contributed by atoms with Crippen LogP contribution in [0.15, 0.2) is 36.8 Å². The van der Waals surface area contributed by atoms with Crippen LogP contribution in [-0.2, 0) is 16.1 Å². The maximum absolute atomic E-state index is 12.7. The summed E-state index contributed by atoms with van der Waals surface area (Å²) in [4.78, 5) is 23.5. The van der Waals surface area contributed by atoms with Crippen LogP contribution in [0.1, 0.15) is 38.5 Å². The number of hydrogen-bond acceptors (Lipinski definition) is 7. The monoisotopic (exact) mass is 527 g/mol. The molecular weight excluding hydrogens is 494 g/mol. The molecule has 0 radical (unpaired) electrons. The number of benzene rings is 1. The number of amides is 1. The van der Waals surface area contributed by atoms with E-state index in [4.69, 9.17) is 26.2 Å². The minimum Gasteiger partial charge on any atom is -0.489 e. The van der Waals surface area contributed by atoms with E-state index in [1.165, 1.54) is 19.2 Å². The zero-order valence-electron chi connectivity index (χ0n) is 20.9. The van der Waals surface area contributed by atoms with Crippen molar-refractivity contribution < 1.29 is 19.4 Å². The van der Waals surface area contributed by atoms with Gasteiger partial charge < -0.3 is 29.4 Å². The van der Waals surface area contributed by atoms with E-state index in [0.29, 0.717) is 42.3 Å². The fourth-order valence-corrected chi connectivity index (χ4v) is 5.48. The number of piperidine rings is 1. The molecule has 37 heavy (non-hydrogen) atoms. The summed E-state index contributed by atoms with van der Waals surface area (Å²) >= 11 is 6.60. The molecule has 3 aromatic rings. The third-order valence-electron chi connectivity index (χ3n) is 7.21. The van der Waals surface area contributed by atoms with Gasteiger partial charge in [0, 0.05) is 50.3 Å². The number of likely N-dealkylation sites (tertiary alicyclic amines) is 1. The first-order valence-electron chi connectivity index (χ1n) is 13.1. The lowest BCUT2D eigenvalue weighted by atomic mass is 10.0. The second-order valence-electron chi connectivity index (χ2n) is 9.70. The summed E-state index contributed by atoms with van der Waals surface area (Å²) in [5, 5.41) is 12.8. The molecule has 198 valence electrons. The Bertz CT molecular complexity index is 1200. The third-order valence-corrected chi connectivity index (χ3v) is 7.50. The summed E-state index contributed by atoms with van der Waals surface area (Å²) in [6.07, 6.45) is 9.57. The highest BCUT2D eigenvalue weighted by atomic mass is 35.5. The minimum atomic E-state index is 0.00208. The fraction of sp³-hybridized carbons (Fsp3) is 0.519. The number of carbonyl (C=O) groups excluding carboxylic acids is 1. The van der Waals surface area contributed by atoms with Crippen molar-refractivity contribution in [3.63, 3.8) is 0 Å². The average molecular weight is 528 g/mol. The first-order chi connectivity index (χ1) is 18.1. The van der Waals surface area contributed by atoms with E-state index in [0.717, 1.165) is 55.5 Å². The van der Waals surface area contributed by atoms with Crippen LogP contribution >= 0.6 is 11.6 Å². The lowest BCUT2D eigenvalue weighted by molar-refractivity contribution is -0.137. The van der Waals surface area contributed by atoms with Gasteiger partial charge in [0.2, 0.25) is 5.91 Å². The van der Waals surface area contributed by atoms with E-state index in [9.17, 15) is 4.79 Å². The van der Waals surface area contributed by atoms with Crippen molar-refractivity contribution in [3.8, 4) is 5.75 Å². The van der Waals surface area contributed by atoms with Crippen molar-refractivity contribution in [2.24, 2.45) is 5.92 Å². The van der Waals surface area contributed by atoms with E-state index >= 15 is 0 Å². The molecule has 2 fully saturated rings. The molecule has 1 aliphatic heterocycles. The number of nitrogens with one attached hydrogen (secondary N) is 1. The van der Waals surface area contributed by atoms with Gasteiger partial charge in [0.25, 0.3) is 0 Å². The highest BCUT2D eigenvalue weighted by molar-refractivity contribution is 6.32. The molecule has 2 aliphatic rings. The van der Waals surface area contributed by atoms with Crippen LogP contribution in [0.25, 0.3) is 11.0 Å². The number of anilines is 2. The lowest BCUT2D eigenvalue weighted by Crippen LogP contribution is -2.44. The maximum Gasteiger partial charge on any atom is 0.225 e. The molecule has 0 bridgehead atoms. The molecule has 9 nitrogen and oxygen atoms in total. The van der Waals surface area contributed by atoms with Gasteiger partial charge in [-0.3, -0.25) is 4.79 Å². The summed E-state index contributed by atoms with van der Waals surface area (Å²) < 4.78 is 13.7. The van der Waals surface area contributed by atoms with Crippen molar-refractivity contribution in [2.45, 2.75) is 51.2 Å². The molecule has 1 aliphatic carbocycles. The number of aromatic nitrogens is 3. The van der Waals surface area contributed by atoms with Crippen LogP contribution < -0.4 is 10.1 Å². The molecule has 2 aromatic heterocycles. The Morgan fingerprint density at radius 2 is 1.92 bits per heavy atom. The molecule has 1 amide bonds. The summed E-state index contributed by atoms with van der Waals surface area (Å²) in [5.41, 5.74) is 2.48. The van der Waals surface area contributed by atoms with E-state index in [2.05, 4.69) is 15.3 Å². The summed E-state index contributed by atoms with van der Waals surface area (Å²) in [6, 6.07) is 7.57. The Hall–Kier alpha value is -2.88. The summed E-state index contributed by atoms with van der Waals surface area (Å²) in [6.45, 7) is 2.89. The number of nitrogens with zero attached hydrogens (tertiary/aromatic N) is 4. The van der Waals surface area contributed by atoms with Gasteiger partial charge in [-0.2, -0.15) is 0 Å². The van der Waals surface area contributed by atoms with Crippen molar-refractivity contribution in [1.82, 2.24) is 19.4 Å². The lowest BCUT2D eigenvalue weighted by Gasteiger charge is -2.33. The Balaban J connectivity index is 1.20. The first-order valence-corrected chi connectivity index (χ1v) is 13.5. The Kier molecular flexibility index (Phi) is 8.43. The van der Waals surface area contributed by atoms with E-state index in [-0.39, 0.29) is 18.6 Å². The quantitative estimate of drug-likeness (QED) is 0.377. The van der Waals surface area contributed by atoms with Crippen molar-refractivity contribution >= 4 is 40.0 Å². The predicted molar refractivity (Wildman–Crippen MR) is 142 cm³/mol. The molecule has 1 saturated carbocycles. The molecule has 0 atom stereocenters. The van der Waals surface area contributed by atoms with Crippen LogP contribution in [0.4, 0.5) is 11.5 Å². The predicted octanol–water partition coefficient (Wildman–Crippen LogP) is 4.40. The zero-order valence-corrected chi connectivity index (χ0v) is 21.7. The van der Waals surface area contributed by atoms with Crippen LogP contribution in [0, 0.1) is 5.92 Å². The second kappa shape index (κ2) is 12.1. The second-order valence-corrected chi connectivity index (χ2v) is 10.1. The summed E-state index contributed by atoms with van der Waals surface area (Å²) in [5.74, 6) is 1.86. The van der Waals surface area contributed by atoms with Crippen molar-refractivity contribution in [1.29, 1.82) is 0 Å². The minimum absolute atomic E-state index is 0.00208. The highest BCUT2D eigenvalue weighted by Crippen LogP contribution is 2.33. The molecular formula is C27H34ClN5O4. The standard InChI is InChI=1S/C27H34ClN5O4/c28-22-17-20(31-26-25-23(29-18-30-26)9-12-32(25)13-15-36-16-14-34)5-6-24(22)37-21-7-10-33(11-8-21)27(35)19-3-1-2-4-19/h5-6,9,12,17-19,21,34H,1-4,7-8,10-11,13-16H2,(H,29,30,31). The van der Waals surface area contributed by atoms with E-state index in [1.54, 1.807) is 0 Å². The van der Waals surface area contributed by atoms with Crippen LogP contribution in [-0.4, -0.2) is 69.5 Å². The molecule has 1 aromatic carbocycles. The number of halogens is 1.